The fourth-order valence-electron chi connectivity index (χ4n) is 6.06. The van der Waals surface area contributed by atoms with Crippen LogP contribution < -0.4 is 14.4 Å². The Balaban J connectivity index is 0.000000611. The van der Waals surface area contributed by atoms with Crippen molar-refractivity contribution in [3.05, 3.63) is 219 Å². The Kier molecular flexibility index (Phi) is 14.8. The van der Waals surface area contributed by atoms with E-state index in [2.05, 4.69) is 76.5 Å². The van der Waals surface area contributed by atoms with Crippen molar-refractivity contribution in [2.75, 3.05) is 11.9 Å². The quantitative estimate of drug-likeness (QED) is 0.0778. The van der Waals surface area contributed by atoms with Gasteiger partial charge in [0.05, 0.1) is 0 Å². The Morgan fingerprint density at radius 1 is 0.633 bits per heavy atom. The monoisotopic (exact) mass is 1140 g/mol. The Morgan fingerprint density at radius 2 is 1.25 bits per heavy atom. The van der Waals surface area contributed by atoms with Gasteiger partial charge in [-0.3, -0.25) is 11.1 Å². The molecule has 9 rings (SSSR count). The second kappa shape index (κ2) is 20.8. The zero-order chi connectivity index (χ0) is 39.5. The maximum atomic E-state index is 6.57. The van der Waals surface area contributed by atoms with Crippen molar-refractivity contribution in [2.24, 2.45) is 0 Å². The zero-order valence-electron chi connectivity index (χ0n) is 32.0. The van der Waals surface area contributed by atoms with Gasteiger partial charge in [0.2, 0.25) is 6.20 Å². The van der Waals surface area contributed by atoms with Crippen LogP contribution in [0.2, 0.25) is 0 Å². The number of nitrogens with zero attached hydrogens (tertiary/aromatic N) is 5. The maximum Gasteiger partial charge on any atom is 4.00 e. The average molecular weight is 1140 g/mol. The molecule has 0 unspecified atom stereocenters. The third-order valence-corrected chi connectivity index (χ3v) is 8.74. The van der Waals surface area contributed by atoms with E-state index in [0.717, 1.165) is 45.1 Å². The Labute approximate surface area is 379 Å². The van der Waals surface area contributed by atoms with E-state index < -0.39 is 0 Å². The standard InChI is InChI=1S/C45H29N4O2.C6H4N.2Pt/c1-47-26-27-48(33-47)39-18-10-22-43(31-39)51-42-21-9-13-36(29-42)45-30-35(24-25-46-45)34-12-8-20-41(28-34)50-44-23-11-19-40(32-44)49(37-14-4-2-5-15-37)38-16-6-3-7-17-38;1-2-7-5-3-4-6-7;;/h2-22,25-27,30,32H,1H3;3-6H;;/q-3;-1;+2;+4. The molecule has 8 aromatic rings. The third kappa shape index (κ3) is 10.8. The van der Waals surface area contributed by atoms with E-state index >= 15 is 0 Å². The van der Waals surface area contributed by atoms with Crippen molar-refractivity contribution in [1.29, 1.82) is 0 Å². The van der Waals surface area contributed by atoms with Gasteiger partial charge in [0.25, 0.3) is 6.20 Å². The molecule has 0 N–H and O–H groups in total. The largest absolute Gasteiger partial charge is 4.00 e. The first-order valence-electron chi connectivity index (χ1n) is 18.3. The zero-order valence-corrected chi connectivity index (χ0v) is 36.5. The topological polar surface area (TPSA) is 45.5 Å². The molecule has 0 aliphatic carbocycles. The molecule has 7 nitrogen and oxygen atoms in total. The van der Waals surface area contributed by atoms with E-state index in [1.807, 2.05) is 156 Å². The van der Waals surface area contributed by atoms with Gasteiger partial charge >= 0.3 is 48.1 Å². The fourth-order valence-corrected chi connectivity index (χ4v) is 6.06. The van der Waals surface area contributed by atoms with Crippen molar-refractivity contribution in [1.82, 2.24) is 9.55 Å². The number of aromatic nitrogens is 2. The molecule has 60 heavy (non-hydrogen) atoms. The molecule has 1 aliphatic rings. The Hall–Kier alpha value is -6.79. The van der Waals surface area contributed by atoms with Crippen LogP contribution in [0.1, 0.15) is 0 Å². The van der Waals surface area contributed by atoms with Crippen molar-refractivity contribution < 1.29 is 60.8 Å². The van der Waals surface area contributed by atoms with Crippen LogP contribution in [0, 0.1) is 42.8 Å². The van der Waals surface area contributed by atoms with Gasteiger partial charge in [-0.25, -0.2) is 24.2 Å². The summed E-state index contributed by atoms with van der Waals surface area (Å²) < 4.78 is 17.7. The molecule has 0 radical (unpaired) electrons. The maximum absolute atomic E-state index is 6.57. The molecule has 292 valence electrons. The van der Waals surface area contributed by atoms with Crippen molar-refractivity contribution in [2.45, 2.75) is 0 Å². The SMILES string of the molecule is C[N+]1=C=[N+](c2[c-]c(Oc3[c-]c(-c4cc(-c5[c-]c(Oc6[c-]ccc(N(c7ccccc7)c7ccccc7)c6)ccc5)[c-]cn4)ccc3)ccc2)C=C1.[C-]#Cn1cccc1.[Pt+2].[Pt+4]. The number of hydrogen-bond acceptors (Lipinski definition) is 4. The third-order valence-electron chi connectivity index (χ3n) is 8.74. The van der Waals surface area contributed by atoms with Crippen LogP contribution in [-0.4, -0.2) is 31.8 Å². The molecule has 0 saturated carbocycles. The Morgan fingerprint density at radius 3 is 1.88 bits per heavy atom. The molecule has 9 heteroatoms. The smallest absolute Gasteiger partial charge is 0.669 e. The van der Waals surface area contributed by atoms with Crippen molar-refractivity contribution >= 4 is 28.8 Å². The molecule has 3 heterocycles. The summed E-state index contributed by atoms with van der Waals surface area (Å²) in [5.41, 5.74) is 7.00. The van der Waals surface area contributed by atoms with E-state index in [0.29, 0.717) is 23.0 Å². The number of ether oxygens (including phenoxy) is 2. The van der Waals surface area contributed by atoms with Crippen LogP contribution in [-0.2, 0) is 42.1 Å². The van der Waals surface area contributed by atoms with Crippen molar-refractivity contribution in [3.8, 4) is 51.4 Å². The summed E-state index contributed by atoms with van der Waals surface area (Å²) in [4.78, 5) is 6.77. The summed E-state index contributed by atoms with van der Waals surface area (Å²) in [7, 11) is 1.92. The van der Waals surface area contributed by atoms with Gasteiger partial charge in [-0.15, -0.1) is 54.1 Å². The summed E-state index contributed by atoms with van der Waals surface area (Å²) in [5, 5.41) is 0. The predicted molar refractivity (Wildman–Crippen MR) is 224 cm³/mol. The second-order valence-corrected chi connectivity index (χ2v) is 12.8. The minimum atomic E-state index is 0. The van der Waals surface area contributed by atoms with E-state index in [1.54, 1.807) is 23.2 Å². The number of para-hydroxylation sites is 2. The van der Waals surface area contributed by atoms with Crippen LogP contribution in [0.5, 0.6) is 23.0 Å². The molecule has 0 spiro atoms. The van der Waals surface area contributed by atoms with E-state index in [4.69, 9.17) is 15.9 Å². The summed E-state index contributed by atoms with van der Waals surface area (Å²) in [6.07, 6.45) is 15.6. The molecular weight excluding hydrogens is 1100 g/mol. The first-order chi connectivity index (χ1) is 28.6. The first kappa shape index (κ1) is 42.8. The van der Waals surface area contributed by atoms with E-state index in [9.17, 15) is 0 Å². The summed E-state index contributed by atoms with van der Waals surface area (Å²) in [6.45, 7) is 0. The Bertz CT molecular complexity index is 2770. The van der Waals surface area contributed by atoms with E-state index in [1.165, 1.54) is 0 Å². The molecule has 1 aliphatic heterocycles. The fraction of sp³-hybridized carbons (Fsp3) is 0.0196. The van der Waals surface area contributed by atoms with E-state index in [-0.39, 0.29) is 42.1 Å². The van der Waals surface area contributed by atoms with Crippen LogP contribution in [0.15, 0.2) is 183 Å². The van der Waals surface area contributed by atoms with Gasteiger partial charge in [-0.1, -0.05) is 81.3 Å². The summed E-state index contributed by atoms with van der Waals surface area (Å²) in [5.74, 6) is 2.26. The summed E-state index contributed by atoms with van der Waals surface area (Å²) >= 11 is 0. The minimum Gasteiger partial charge on any atom is -0.669 e. The summed E-state index contributed by atoms with van der Waals surface area (Å²) in [6, 6.07) is 71.2. The van der Waals surface area contributed by atoms with Gasteiger partial charge in [-0.2, -0.15) is 24.3 Å². The van der Waals surface area contributed by atoms with Crippen LogP contribution in [0.25, 0.3) is 22.4 Å². The number of benzene rings is 6. The van der Waals surface area contributed by atoms with Gasteiger partial charge in [0.15, 0.2) is 7.05 Å². The number of rotatable bonds is 10. The van der Waals surface area contributed by atoms with Gasteiger partial charge in [0.1, 0.15) is 5.69 Å². The van der Waals surface area contributed by atoms with Crippen LogP contribution in [0.4, 0.5) is 22.7 Å². The predicted octanol–water partition coefficient (Wildman–Crippen LogP) is 11.3. The van der Waals surface area contributed by atoms with Crippen LogP contribution in [0.3, 0.4) is 0 Å². The average Bonchev–Trinajstić information content (AvgIpc) is 3.98. The van der Waals surface area contributed by atoms with Gasteiger partial charge < -0.3 is 30.3 Å². The molecule has 0 atom stereocenters. The van der Waals surface area contributed by atoms with Crippen molar-refractivity contribution in [3.63, 3.8) is 0 Å². The molecular formula is C51H33N5O2Pt2+2. The van der Waals surface area contributed by atoms with Gasteiger partial charge in [-0.05, 0) is 36.4 Å². The molecule has 0 amide bonds. The van der Waals surface area contributed by atoms with Gasteiger partial charge in [0, 0.05) is 46.8 Å². The molecule has 0 fully saturated rings. The molecule has 2 aromatic heterocycles. The first-order valence-corrected chi connectivity index (χ1v) is 18.3. The number of pyridine rings is 1. The minimum absolute atomic E-state index is 0. The molecule has 0 saturated heterocycles. The second-order valence-electron chi connectivity index (χ2n) is 12.8. The number of anilines is 3. The molecule has 0 bridgehead atoms. The normalized spacial score (nSPS) is 11.0. The van der Waals surface area contributed by atoms with Crippen LogP contribution >= 0.6 is 0 Å². The number of hydrogen-bond donors (Lipinski definition) is 0. The molecule has 6 aromatic carbocycles.